The minimum Gasteiger partial charge on any atom is -0.328 e. The summed E-state index contributed by atoms with van der Waals surface area (Å²) in [5, 5.41) is 2.18. The highest BCUT2D eigenvalue weighted by atomic mass is 19.1. The van der Waals surface area contributed by atoms with E-state index in [1.54, 1.807) is 0 Å². The van der Waals surface area contributed by atoms with E-state index in [4.69, 9.17) is 5.73 Å². The second kappa shape index (κ2) is 5.61. The summed E-state index contributed by atoms with van der Waals surface area (Å²) >= 11 is 0. The summed E-state index contributed by atoms with van der Waals surface area (Å²) in [6.07, 6.45) is 2.80. The SMILES string of the molecule is NC1CCCC(C(=O)Nc2c(F)cc(F)cc2F)C1. The van der Waals surface area contributed by atoms with Gasteiger partial charge in [0.25, 0.3) is 0 Å². The van der Waals surface area contributed by atoms with Crippen molar-refractivity contribution in [3.8, 4) is 0 Å². The van der Waals surface area contributed by atoms with E-state index < -0.39 is 29.0 Å². The Morgan fingerprint density at radius 2 is 1.84 bits per heavy atom. The molecule has 0 spiro atoms. The molecule has 0 bridgehead atoms. The standard InChI is InChI=1S/C13H15F3N2O/c14-8-5-10(15)12(11(16)6-8)18-13(19)7-2-1-3-9(17)4-7/h5-7,9H,1-4,17H2,(H,18,19). The van der Waals surface area contributed by atoms with E-state index in [0.717, 1.165) is 12.8 Å². The van der Waals surface area contributed by atoms with Crippen molar-refractivity contribution >= 4 is 11.6 Å². The number of anilines is 1. The Morgan fingerprint density at radius 3 is 2.42 bits per heavy atom. The van der Waals surface area contributed by atoms with Gasteiger partial charge in [-0.3, -0.25) is 4.79 Å². The van der Waals surface area contributed by atoms with Gasteiger partial charge in [0.2, 0.25) is 5.91 Å². The van der Waals surface area contributed by atoms with E-state index in [2.05, 4.69) is 5.32 Å². The van der Waals surface area contributed by atoms with Crippen molar-refractivity contribution in [3.05, 3.63) is 29.6 Å². The molecule has 19 heavy (non-hydrogen) atoms. The van der Waals surface area contributed by atoms with Crippen molar-refractivity contribution in [2.45, 2.75) is 31.7 Å². The molecule has 2 unspecified atom stereocenters. The van der Waals surface area contributed by atoms with E-state index in [1.807, 2.05) is 0 Å². The van der Waals surface area contributed by atoms with Gasteiger partial charge in [0.05, 0.1) is 0 Å². The van der Waals surface area contributed by atoms with Crippen molar-refractivity contribution < 1.29 is 18.0 Å². The molecule has 0 saturated heterocycles. The van der Waals surface area contributed by atoms with Crippen molar-refractivity contribution in [3.63, 3.8) is 0 Å². The van der Waals surface area contributed by atoms with Crippen LogP contribution < -0.4 is 11.1 Å². The summed E-state index contributed by atoms with van der Waals surface area (Å²) in [5.41, 5.74) is 5.15. The number of carbonyl (C=O) groups is 1. The van der Waals surface area contributed by atoms with E-state index >= 15 is 0 Å². The molecule has 1 aliphatic rings. The molecule has 2 atom stereocenters. The quantitative estimate of drug-likeness (QED) is 0.869. The van der Waals surface area contributed by atoms with Gasteiger partial charge in [-0.15, -0.1) is 0 Å². The largest absolute Gasteiger partial charge is 0.328 e. The third-order valence-corrected chi connectivity index (χ3v) is 3.34. The number of carbonyl (C=O) groups excluding carboxylic acids is 1. The maximum absolute atomic E-state index is 13.4. The Balaban J connectivity index is 2.10. The van der Waals surface area contributed by atoms with Crippen LogP contribution in [-0.2, 0) is 4.79 Å². The molecule has 1 aliphatic carbocycles. The number of hydrogen-bond acceptors (Lipinski definition) is 2. The Bertz CT molecular complexity index is 470. The van der Waals surface area contributed by atoms with Crippen LogP contribution in [0.25, 0.3) is 0 Å². The van der Waals surface area contributed by atoms with E-state index in [1.165, 1.54) is 0 Å². The smallest absolute Gasteiger partial charge is 0.227 e. The lowest BCUT2D eigenvalue weighted by atomic mass is 9.85. The molecule has 0 aliphatic heterocycles. The molecule has 104 valence electrons. The molecule has 0 heterocycles. The molecule has 1 aromatic carbocycles. The lowest BCUT2D eigenvalue weighted by molar-refractivity contribution is -0.120. The average molecular weight is 272 g/mol. The maximum Gasteiger partial charge on any atom is 0.227 e. The number of halogens is 3. The molecule has 1 amide bonds. The minimum atomic E-state index is -1.12. The first-order valence-corrected chi connectivity index (χ1v) is 6.18. The summed E-state index contributed by atoms with van der Waals surface area (Å²) in [7, 11) is 0. The van der Waals surface area contributed by atoms with Crippen molar-refractivity contribution in [1.29, 1.82) is 0 Å². The Labute approximate surface area is 109 Å². The molecule has 0 aromatic heterocycles. The normalized spacial score (nSPS) is 23.2. The fraction of sp³-hybridized carbons (Fsp3) is 0.462. The van der Waals surface area contributed by atoms with E-state index in [0.29, 0.717) is 25.0 Å². The molecular weight excluding hydrogens is 257 g/mol. The molecule has 1 saturated carbocycles. The molecule has 0 radical (unpaired) electrons. The van der Waals surface area contributed by atoms with Gasteiger partial charge < -0.3 is 11.1 Å². The van der Waals surface area contributed by atoms with Crippen LogP contribution in [0.5, 0.6) is 0 Å². The molecule has 6 heteroatoms. The van der Waals surface area contributed by atoms with Crippen LogP contribution in [0.3, 0.4) is 0 Å². The first-order chi connectivity index (χ1) is 8.97. The summed E-state index contributed by atoms with van der Waals surface area (Å²) < 4.78 is 39.5. The third-order valence-electron chi connectivity index (χ3n) is 3.34. The highest BCUT2D eigenvalue weighted by Gasteiger charge is 2.26. The first kappa shape index (κ1) is 13.9. The zero-order chi connectivity index (χ0) is 14.0. The number of nitrogens with two attached hydrogens (primary N) is 1. The third kappa shape index (κ3) is 3.26. The summed E-state index contributed by atoms with van der Waals surface area (Å²) in [6.45, 7) is 0. The minimum absolute atomic E-state index is 0.0626. The predicted octanol–water partition coefficient (Wildman–Crippen LogP) is 2.56. The van der Waals surface area contributed by atoms with Gasteiger partial charge in [0.15, 0.2) is 11.6 Å². The monoisotopic (exact) mass is 272 g/mol. The van der Waals surface area contributed by atoms with Gasteiger partial charge in [-0.05, 0) is 19.3 Å². The van der Waals surface area contributed by atoms with Crippen LogP contribution in [0.2, 0.25) is 0 Å². The van der Waals surface area contributed by atoms with Gasteiger partial charge in [0, 0.05) is 24.1 Å². The topological polar surface area (TPSA) is 55.1 Å². The molecule has 1 fully saturated rings. The van der Waals surface area contributed by atoms with Gasteiger partial charge >= 0.3 is 0 Å². The van der Waals surface area contributed by atoms with Crippen LogP contribution in [0.15, 0.2) is 12.1 Å². The number of rotatable bonds is 2. The summed E-state index contributed by atoms with van der Waals surface area (Å²) in [4.78, 5) is 11.9. The molecular formula is C13H15F3N2O. The van der Waals surface area contributed by atoms with Gasteiger partial charge in [0.1, 0.15) is 11.5 Å². The number of nitrogens with one attached hydrogen (secondary N) is 1. The summed E-state index contributed by atoms with van der Waals surface area (Å²) in [5.74, 6) is -4.09. The Morgan fingerprint density at radius 1 is 1.21 bits per heavy atom. The molecule has 2 rings (SSSR count). The zero-order valence-electron chi connectivity index (χ0n) is 10.3. The van der Waals surface area contributed by atoms with Crippen molar-refractivity contribution in [2.24, 2.45) is 11.7 Å². The van der Waals surface area contributed by atoms with Crippen LogP contribution in [0, 0.1) is 23.4 Å². The molecule has 3 nitrogen and oxygen atoms in total. The number of benzene rings is 1. The lowest BCUT2D eigenvalue weighted by Crippen LogP contribution is -2.34. The van der Waals surface area contributed by atoms with E-state index in [-0.39, 0.29) is 12.0 Å². The zero-order valence-corrected chi connectivity index (χ0v) is 10.3. The van der Waals surface area contributed by atoms with Gasteiger partial charge in [-0.1, -0.05) is 6.42 Å². The highest BCUT2D eigenvalue weighted by Crippen LogP contribution is 2.26. The second-order valence-electron chi connectivity index (χ2n) is 4.86. The van der Waals surface area contributed by atoms with Gasteiger partial charge in [-0.25, -0.2) is 13.2 Å². The average Bonchev–Trinajstić information content (AvgIpc) is 2.33. The second-order valence-corrected chi connectivity index (χ2v) is 4.86. The predicted molar refractivity (Wildman–Crippen MR) is 64.9 cm³/mol. The first-order valence-electron chi connectivity index (χ1n) is 6.18. The van der Waals surface area contributed by atoms with Crippen LogP contribution in [0.4, 0.5) is 18.9 Å². The number of hydrogen-bond donors (Lipinski definition) is 2. The summed E-state index contributed by atoms with van der Waals surface area (Å²) in [6, 6.07) is 1.00. The fourth-order valence-electron chi connectivity index (χ4n) is 2.35. The van der Waals surface area contributed by atoms with Crippen molar-refractivity contribution in [2.75, 3.05) is 5.32 Å². The Kier molecular flexibility index (Phi) is 4.09. The Hall–Kier alpha value is -1.56. The lowest BCUT2D eigenvalue weighted by Gasteiger charge is -2.25. The fourth-order valence-corrected chi connectivity index (χ4v) is 2.35. The van der Waals surface area contributed by atoms with Crippen molar-refractivity contribution in [1.82, 2.24) is 0 Å². The van der Waals surface area contributed by atoms with Crippen LogP contribution in [0.1, 0.15) is 25.7 Å². The van der Waals surface area contributed by atoms with E-state index in [9.17, 15) is 18.0 Å². The van der Waals surface area contributed by atoms with Crippen LogP contribution in [-0.4, -0.2) is 11.9 Å². The molecule has 1 aromatic rings. The maximum atomic E-state index is 13.4. The molecule has 3 N–H and O–H groups in total. The number of amides is 1. The highest BCUT2D eigenvalue weighted by molar-refractivity contribution is 5.92. The van der Waals surface area contributed by atoms with Gasteiger partial charge in [-0.2, -0.15) is 0 Å². The van der Waals surface area contributed by atoms with Crippen LogP contribution >= 0.6 is 0 Å².